The highest BCUT2D eigenvalue weighted by Gasteiger charge is 2.19. The first kappa shape index (κ1) is 12.5. The molecule has 1 heterocycles. The molecule has 0 aliphatic carbocycles. The summed E-state index contributed by atoms with van der Waals surface area (Å²) in [6.45, 7) is 2.75. The maximum absolute atomic E-state index is 11.2. The van der Waals surface area contributed by atoms with Crippen LogP contribution in [0.4, 0.5) is 0 Å². The summed E-state index contributed by atoms with van der Waals surface area (Å²) < 4.78 is 29.0. The molecule has 1 aromatic heterocycles. The SMILES string of the molecule is CCCOCc1c(S(=O)(=O)Cl)cnn1C. The van der Waals surface area contributed by atoms with Gasteiger partial charge in [-0.25, -0.2) is 8.42 Å². The Labute approximate surface area is 93.4 Å². The van der Waals surface area contributed by atoms with Crippen LogP contribution in [0.25, 0.3) is 0 Å². The summed E-state index contributed by atoms with van der Waals surface area (Å²) in [4.78, 5) is 0.0165. The molecule has 0 aliphatic heterocycles. The third-order valence-corrected chi connectivity index (χ3v) is 3.24. The molecular weight excluding hydrogens is 240 g/mol. The monoisotopic (exact) mass is 252 g/mol. The van der Waals surface area contributed by atoms with Gasteiger partial charge in [0.2, 0.25) is 0 Å². The summed E-state index contributed by atoms with van der Waals surface area (Å²) in [7, 11) is 3.16. The second-order valence-electron chi connectivity index (χ2n) is 3.07. The van der Waals surface area contributed by atoms with Gasteiger partial charge in [0, 0.05) is 24.3 Å². The van der Waals surface area contributed by atoms with Crippen molar-refractivity contribution in [3.63, 3.8) is 0 Å². The highest BCUT2D eigenvalue weighted by molar-refractivity contribution is 8.13. The maximum atomic E-state index is 11.2. The molecule has 0 unspecified atom stereocenters. The van der Waals surface area contributed by atoms with Gasteiger partial charge >= 0.3 is 0 Å². The van der Waals surface area contributed by atoms with E-state index < -0.39 is 9.05 Å². The first-order valence-corrected chi connectivity index (χ1v) is 6.81. The lowest BCUT2D eigenvalue weighted by Gasteiger charge is -2.04. The second kappa shape index (κ2) is 4.96. The van der Waals surface area contributed by atoms with Gasteiger partial charge in [-0.05, 0) is 6.42 Å². The summed E-state index contributed by atoms with van der Waals surface area (Å²) in [5.74, 6) is 0. The van der Waals surface area contributed by atoms with E-state index in [9.17, 15) is 8.42 Å². The second-order valence-corrected chi connectivity index (χ2v) is 5.60. The van der Waals surface area contributed by atoms with Crippen molar-refractivity contribution < 1.29 is 13.2 Å². The Morgan fingerprint density at radius 3 is 2.80 bits per heavy atom. The van der Waals surface area contributed by atoms with Crippen LogP contribution in [0, 0.1) is 0 Å². The molecule has 0 fully saturated rings. The van der Waals surface area contributed by atoms with Crippen molar-refractivity contribution in [2.75, 3.05) is 6.61 Å². The van der Waals surface area contributed by atoms with Gasteiger partial charge in [-0.15, -0.1) is 0 Å². The number of hydrogen-bond donors (Lipinski definition) is 0. The van der Waals surface area contributed by atoms with E-state index in [2.05, 4.69) is 5.10 Å². The first-order valence-electron chi connectivity index (χ1n) is 4.50. The van der Waals surface area contributed by atoms with Crippen LogP contribution in [0.5, 0.6) is 0 Å². The molecule has 0 saturated carbocycles. The molecule has 0 atom stereocenters. The Hall–Kier alpha value is -0.590. The molecule has 5 nitrogen and oxygen atoms in total. The minimum atomic E-state index is -3.74. The zero-order valence-corrected chi connectivity index (χ0v) is 10.2. The quantitative estimate of drug-likeness (QED) is 0.585. The van der Waals surface area contributed by atoms with E-state index in [1.54, 1.807) is 7.05 Å². The molecule has 1 aromatic rings. The average Bonchev–Trinajstić information content (AvgIpc) is 2.48. The molecule has 0 aromatic carbocycles. The number of hydrogen-bond acceptors (Lipinski definition) is 4. The maximum Gasteiger partial charge on any atom is 0.264 e. The van der Waals surface area contributed by atoms with Crippen molar-refractivity contribution in [1.82, 2.24) is 9.78 Å². The lowest BCUT2D eigenvalue weighted by Crippen LogP contribution is -2.05. The number of halogens is 1. The summed E-state index contributed by atoms with van der Waals surface area (Å²) >= 11 is 0. The highest BCUT2D eigenvalue weighted by Crippen LogP contribution is 2.19. The van der Waals surface area contributed by atoms with Gasteiger partial charge in [-0.2, -0.15) is 5.10 Å². The zero-order chi connectivity index (χ0) is 11.5. The van der Waals surface area contributed by atoms with E-state index in [1.807, 2.05) is 6.92 Å². The molecule has 0 spiro atoms. The molecule has 0 amide bonds. The fraction of sp³-hybridized carbons (Fsp3) is 0.625. The molecule has 0 bridgehead atoms. The predicted octanol–water partition coefficient (Wildman–Crippen LogP) is 1.27. The van der Waals surface area contributed by atoms with Crippen molar-refractivity contribution in [3.05, 3.63) is 11.9 Å². The van der Waals surface area contributed by atoms with Crippen LogP contribution in [-0.4, -0.2) is 24.8 Å². The van der Waals surface area contributed by atoms with E-state index in [0.29, 0.717) is 12.3 Å². The van der Waals surface area contributed by atoms with E-state index in [4.69, 9.17) is 15.4 Å². The molecular formula is C8H13ClN2O3S. The summed E-state index contributed by atoms with van der Waals surface area (Å²) in [5, 5.41) is 3.83. The van der Waals surface area contributed by atoms with Crippen LogP contribution in [0.15, 0.2) is 11.1 Å². The van der Waals surface area contributed by atoms with Gasteiger partial charge in [-0.1, -0.05) is 6.92 Å². The Kier molecular flexibility index (Phi) is 4.12. The van der Waals surface area contributed by atoms with Gasteiger partial charge in [0.25, 0.3) is 9.05 Å². The third kappa shape index (κ3) is 3.19. The number of nitrogens with zero attached hydrogens (tertiary/aromatic N) is 2. The fourth-order valence-corrected chi connectivity index (χ4v) is 2.16. The van der Waals surface area contributed by atoms with Crippen molar-refractivity contribution in [1.29, 1.82) is 0 Å². The highest BCUT2D eigenvalue weighted by atomic mass is 35.7. The van der Waals surface area contributed by atoms with Gasteiger partial charge in [0.15, 0.2) is 0 Å². The summed E-state index contributed by atoms with van der Waals surface area (Å²) in [6, 6.07) is 0. The molecule has 0 radical (unpaired) electrons. The number of rotatable bonds is 5. The smallest absolute Gasteiger partial charge is 0.264 e. The van der Waals surface area contributed by atoms with E-state index in [1.165, 1.54) is 10.9 Å². The lowest BCUT2D eigenvalue weighted by molar-refractivity contribution is 0.114. The zero-order valence-electron chi connectivity index (χ0n) is 8.60. The number of aryl methyl sites for hydroxylation is 1. The molecule has 86 valence electrons. The third-order valence-electron chi connectivity index (χ3n) is 1.87. The lowest BCUT2D eigenvalue weighted by atomic mass is 10.4. The van der Waals surface area contributed by atoms with Crippen molar-refractivity contribution >= 4 is 19.7 Å². The standard InChI is InChI=1S/C8H13ClN2O3S/c1-3-4-14-6-7-8(15(9,12)13)5-10-11(7)2/h5H,3-4,6H2,1-2H3. The van der Waals surface area contributed by atoms with E-state index >= 15 is 0 Å². The van der Waals surface area contributed by atoms with Crippen molar-refractivity contribution in [2.45, 2.75) is 24.8 Å². The van der Waals surface area contributed by atoms with E-state index in [-0.39, 0.29) is 11.5 Å². The summed E-state index contributed by atoms with van der Waals surface area (Å²) in [5.41, 5.74) is 0.471. The molecule has 7 heteroatoms. The van der Waals surface area contributed by atoms with Crippen LogP contribution in [0.3, 0.4) is 0 Å². The molecule has 0 N–H and O–H groups in total. The van der Waals surface area contributed by atoms with Crippen LogP contribution in [0.1, 0.15) is 19.0 Å². The molecule has 0 saturated heterocycles. The predicted molar refractivity (Wildman–Crippen MR) is 56.2 cm³/mol. The minimum absolute atomic E-state index is 0.0165. The summed E-state index contributed by atoms with van der Waals surface area (Å²) in [6.07, 6.45) is 2.10. The van der Waals surface area contributed by atoms with Crippen LogP contribution >= 0.6 is 10.7 Å². The first-order chi connectivity index (χ1) is 6.96. The molecule has 1 rings (SSSR count). The van der Waals surface area contributed by atoms with Gasteiger partial charge in [0.05, 0.1) is 18.5 Å². The molecule has 15 heavy (non-hydrogen) atoms. The van der Waals surface area contributed by atoms with Gasteiger partial charge in [-0.3, -0.25) is 4.68 Å². The van der Waals surface area contributed by atoms with Crippen LogP contribution in [0.2, 0.25) is 0 Å². The van der Waals surface area contributed by atoms with Crippen molar-refractivity contribution in [3.8, 4) is 0 Å². The Balaban J connectivity index is 2.90. The number of ether oxygens (including phenoxy) is 1. The topological polar surface area (TPSA) is 61.2 Å². The Bertz CT molecular complexity index is 427. The Morgan fingerprint density at radius 1 is 1.60 bits per heavy atom. The molecule has 0 aliphatic rings. The van der Waals surface area contributed by atoms with Crippen LogP contribution in [-0.2, 0) is 27.4 Å². The Morgan fingerprint density at radius 2 is 2.27 bits per heavy atom. The normalized spacial score (nSPS) is 11.9. The van der Waals surface area contributed by atoms with Crippen LogP contribution < -0.4 is 0 Å². The minimum Gasteiger partial charge on any atom is -0.375 e. The fourth-order valence-electron chi connectivity index (χ4n) is 1.12. The van der Waals surface area contributed by atoms with Gasteiger partial charge < -0.3 is 4.74 Å². The van der Waals surface area contributed by atoms with E-state index in [0.717, 1.165) is 6.42 Å². The van der Waals surface area contributed by atoms with Gasteiger partial charge in [0.1, 0.15) is 4.90 Å². The largest absolute Gasteiger partial charge is 0.375 e. The average molecular weight is 253 g/mol. The van der Waals surface area contributed by atoms with Crippen molar-refractivity contribution in [2.24, 2.45) is 7.05 Å². The number of aromatic nitrogens is 2.